The Morgan fingerprint density at radius 2 is 1.73 bits per heavy atom. The molecule has 0 saturated carbocycles. The van der Waals surface area contributed by atoms with Crippen molar-refractivity contribution >= 4 is 0 Å². The number of alkyl halides is 3. The van der Waals surface area contributed by atoms with Gasteiger partial charge in [0.15, 0.2) is 0 Å². The number of hydrogen-bond donors (Lipinski definition) is 2. The fourth-order valence-electron chi connectivity index (χ4n) is 0.569. The van der Waals surface area contributed by atoms with Gasteiger partial charge in [-0.25, -0.2) is 0 Å². The highest BCUT2D eigenvalue weighted by Crippen LogP contribution is 2.17. The fourth-order valence-corrected chi connectivity index (χ4v) is 0.569. The molecule has 0 fully saturated rings. The van der Waals surface area contributed by atoms with Gasteiger partial charge in [0.25, 0.3) is 0 Å². The number of nitrogens with one attached hydrogen (secondary N) is 2. The molecule has 0 aliphatic rings. The van der Waals surface area contributed by atoms with Crippen LogP contribution in [0.3, 0.4) is 0 Å². The number of rotatable bonds is 5. The van der Waals surface area contributed by atoms with E-state index in [0.717, 1.165) is 0 Å². The van der Waals surface area contributed by atoms with Crippen LogP contribution in [-0.2, 0) is 0 Å². The molecule has 0 atom stereocenters. The molecule has 0 radical (unpaired) electrons. The van der Waals surface area contributed by atoms with E-state index in [-0.39, 0.29) is 6.54 Å². The van der Waals surface area contributed by atoms with Crippen LogP contribution in [0.2, 0.25) is 0 Å². The first kappa shape index (κ1) is 10.7. The Kier molecular flexibility index (Phi) is 5.23. The van der Waals surface area contributed by atoms with Crippen molar-refractivity contribution in [1.29, 1.82) is 0 Å². The van der Waals surface area contributed by atoms with E-state index >= 15 is 0 Å². The van der Waals surface area contributed by atoms with Gasteiger partial charge in [0.2, 0.25) is 0 Å². The predicted octanol–water partition coefficient (Wildman–Crippen LogP) is 0.748. The summed E-state index contributed by atoms with van der Waals surface area (Å²) in [5.41, 5.74) is 0. The molecule has 11 heavy (non-hydrogen) atoms. The van der Waals surface area contributed by atoms with Crippen molar-refractivity contribution in [3.63, 3.8) is 0 Å². The topological polar surface area (TPSA) is 24.1 Å². The minimum absolute atomic E-state index is 0.00514. The van der Waals surface area contributed by atoms with Gasteiger partial charge in [-0.15, -0.1) is 0 Å². The molecule has 2 nitrogen and oxygen atoms in total. The molecule has 2 N–H and O–H groups in total. The van der Waals surface area contributed by atoms with E-state index in [0.29, 0.717) is 13.1 Å². The van der Waals surface area contributed by atoms with E-state index in [1.165, 1.54) is 0 Å². The van der Waals surface area contributed by atoms with E-state index in [1.807, 2.05) is 0 Å². The molecule has 0 aromatic heterocycles. The van der Waals surface area contributed by atoms with E-state index in [1.54, 1.807) is 7.05 Å². The van der Waals surface area contributed by atoms with Crippen LogP contribution in [0.5, 0.6) is 0 Å². The van der Waals surface area contributed by atoms with E-state index < -0.39 is 12.6 Å². The summed E-state index contributed by atoms with van der Waals surface area (Å²) in [6.45, 7) is 1.27. The Morgan fingerprint density at radius 1 is 1.09 bits per heavy atom. The van der Waals surface area contributed by atoms with Gasteiger partial charge in [-0.3, -0.25) is 0 Å². The van der Waals surface area contributed by atoms with Crippen LogP contribution < -0.4 is 10.6 Å². The summed E-state index contributed by atoms with van der Waals surface area (Å²) in [6.07, 6.45) is -4.79. The third kappa shape index (κ3) is 9.71. The zero-order valence-electron chi connectivity index (χ0n) is 6.46. The van der Waals surface area contributed by atoms with Crippen molar-refractivity contribution < 1.29 is 13.2 Å². The fraction of sp³-hybridized carbons (Fsp3) is 1.00. The zero-order chi connectivity index (χ0) is 8.74. The molecule has 0 aliphatic carbocycles. The molecule has 0 spiro atoms. The van der Waals surface area contributed by atoms with Gasteiger partial charge < -0.3 is 10.6 Å². The smallest absolute Gasteiger partial charge is 0.318 e. The lowest BCUT2D eigenvalue weighted by Crippen LogP contribution is -2.28. The Bertz CT molecular complexity index is 92.3. The molecule has 0 aromatic carbocycles. The molecule has 68 valence electrons. The largest absolute Gasteiger partial charge is 0.390 e. The van der Waals surface area contributed by atoms with Crippen molar-refractivity contribution in [2.75, 3.05) is 26.7 Å². The molecule has 0 heterocycles. The molecule has 0 saturated heterocycles. The molecular weight excluding hydrogens is 157 g/mol. The van der Waals surface area contributed by atoms with Crippen LogP contribution in [0.15, 0.2) is 0 Å². The average molecular weight is 170 g/mol. The van der Waals surface area contributed by atoms with Crippen LogP contribution in [0, 0.1) is 0 Å². The maximum atomic E-state index is 11.5. The summed E-state index contributed by atoms with van der Waals surface area (Å²) in [5.74, 6) is 0. The number of likely N-dealkylation sites (N-methyl/N-ethyl adjacent to an activating group) is 1. The molecular formula is C6H13F3N2. The van der Waals surface area contributed by atoms with Gasteiger partial charge in [0.05, 0.1) is 6.42 Å². The van der Waals surface area contributed by atoms with Gasteiger partial charge >= 0.3 is 6.18 Å². The highest BCUT2D eigenvalue weighted by Gasteiger charge is 2.25. The molecule has 0 unspecified atom stereocenters. The summed E-state index contributed by atoms with van der Waals surface area (Å²) in [6, 6.07) is 0. The van der Waals surface area contributed by atoms with Crippen molar-refractivity contribution in [2.24, 2.45) is 0 Å². The van der Waals surface area contributed by atoms with Gasteiger partial charge in [0, 0.05) is 19.6 Å². The quantitative estimate of drug-likeness (QED) is 0.595. The second-order valence-electron chi connectivity index (χ2n) is 2.22. The van der Waals surface area contributed by atoms with Crippen molar-refractivity contribution in [2.45, 2.75) is 12.6 Å². The van der Waals surface area contributed by atoms with E-state index in [4.69, 9.17) is 0 Å². The van der Waals surface area contributed by atoms with E-state index in [9.17, 15) is 13.2 Å². The first-order chi connectivity index (χ1) is 5.06. The Balaban J connectivity index is 3.02. The van der Waals surface area contributed by atoms with Gasteiger partial charge in [-0.05, 0) is 7.05 Å². The Hall–Kier alpha value is -0.290. The summed E-state index contributed by atoms with van der Waals surface area (Å²) in [4.78, 5) is 0. The normalized spacial score (nSPS) is 12.0. The summed E-state index contributed by atoms with van der Waals surface area (Å²) >= 11 is 0. The second kappa shape index (κ2) is 5.37. The number of hydrogen-bond acceptors (Lipinski definition) is 2. The Labute approximate surface area is 64.2 Å². The van der Waals surface area contributed by atoms with Crippen molar-refractivity contribution in [1.82, 2.24) is 10.6 Å². The standard InChI is InChI=1S/C6H13F3N2/c1-10-4-5-11-3-2-6(7,8)9/h10-11H,2-5H2,1H3. The highest BCUT2D eigenvalue weighted by atomic mass is 19.4. The lowest BCUT2D eigenvalue weighted by Gasteiger charge is -2.06. The van der Waals surface area contributed by atoms with Crippen LogP contribution in [0.1, 0.15) is 6.42 Å². The maximum Gasteiger partial charge on any atom is 0.390 e. The molecule has 0 bridgehead atoms. The average Bonchev–Trinajstić information content (AvgIpc) is 1.85. The summed E-state index contributed by atoms with van der Waals surface area (Å²) in [7, 11) is 1.76. The SMILES string of the molecule is CNCCNCCC(F)(F)F. The lowest BCUT2D eigenvalue weighted by atomic mass is 10.4. The number of halogens is 3. The second-order valence-corrected chi connectivity index (χ2v) is 2.22. The minimum atomic E-state index is -4.04. The third-order valence-electron chi connectivity index (χ3n) is 1.14. The van der Waals surface area contributed by atoms with Crippen LogP contribution in [0.25, 0.3) is 0 Å². The van der Waals surface area contributed by atoms with Crippen LogP contribution in [0.4, 0.5) is 13.2 Å². The molecule has 0 aromatic rings. The molecule has 0 rings (SSSR count). The van der Waals surface area contributed by atoms with Gasteiger partial charge in [-0.2, -0.15) is 13.2 Å². The Morgan fingerprint density at radius 3 is 2.18 bits per heavy atom. The van der Waals surface area contributed by atoms with Crippen molar-refractivity contribution in [3.8, 4) is 0 Å². The summed E-state index contributed by atoms with van der Waals surface area (Å²) < 4.78 is 34.5. The summed E-state index contributed by atoms with van der Waals surface area (Å²) in [5, 5.41) is 5.48. The zero-order valence-corrected chi connectivity index (χ0v) is 6.46. The first-order valence-corrected chi connectivity index (χ1v) is 3.48. The van der Waals surface area contributed by atoms with E-state index in [2.05, 4.69) is 10.6 Å². The van der Waals surface area contributed by atoms with Crippen LogP contribution >= 0.6 is 0 Å². The van der Waals surface area contributed by atoms with Crippen molar-refractivity contribution in [3.05, 3.63) is 0 Å². The van der Waals surface area contributed by atoms with Crippen LogP contribution in [-0.4, -0.2) is 32.9 Å². The predicted molar refractivity (Wildman–Crippen MR) is 37.5 cm³/mol. The molecule has 0 aliphatic heterocycles. The highest BCUT2D eigenvalue weighted by molar-refractivity contribution is 4.54. The molecule has 5 heteroatoms. The maximum absolute atomic E-state index is 11.5. The minimum Gasteiger partial charge on any atom is -0.318 e. The lowest BCUT2D eigenvalue weighted by molar-refractivity contribution is -0.133. The first-order valence-electron chi connectivity index (χ1n) is 3.48. The van der Waals surface area contributed by atoms with Gasteiger partial charge in [-0.1, -0.05) is 0 Å². The molecule has 0 amide bonds. The monoisotopic (exact) mass is 170 g/mol. The van der Waals surface area contributed by atoms with Gasteiger partial charge in [0.1, 0.15) is 0 Å². The third-order valence-corrected chi connectivity index (χ3v) is 1.14.